The average molecular weight is 254 g/mol. The fourth-order valence-electron chi connectivity index (χ4n) is 1.41. The molecule has 0 spiro atoms. The van der Waals surface area contributed by atoms with Crippen molar-refractivity contribution in [2.45, 2.75) is 25.7 Å². The van der Waals surface area contributed by atoms with Gasteiger partial charge in [-0.05, 0) is 44.5 Å². The second kappa shape index (κ2) is 5.33. The molecule has 0 aromatic heterocycles. The highest BCUT2D eigenvalue weighted by Gasteiger charge is 2.15. The van der Waals surface area contributed by atoms with Gasteiger partial charge in [0.15, 0.2) is 0 Å². The molecule has 0 unspecified atom stereocenters. The molecule has 0 aliphatic rings. The molecule has 0 heterocycles. The van der Waals surface area contributed by atoms with Gasteiger partial charge in [0.25, 0.3) is 0 Å². The Morgan fingerprint density at radius 2 is 2.06 bits per heavy atom. The summed E-state index contributed by atoms with van der Waals surface area (Å²) in [5.41, 5.74) is 7.87. The minimum atomic E-state index is -3.45. The van der Waals surface area contributed by atoms with Crippen LogP contribution in [0.1, 0.15) is 19.4 Å². The van der Waals surface area contributed by atoms with Gasteiger partial charge in [-0.2, -0.15) is 0 Å². The third-order valence-electron chi connectivity index (χ3n) is 2.27. The van der Waals surface area contributed by atoms with E-state index in [0.29, 0.717) is 17.8 Å². The SMILES string of the molecule is CC(C)=CCNS(=O)(=O)c1ccc(N)cc1C. The predicted octanol–water partition coefficient (Wildman–Crippen LogP) is 1.82. The Labute approximate surface area is 103 Å². The molecule has 0 saturated heterocycles. The quantitative estimate of drug-likeness (QED) is 0.636. The third kappa shape index (κ3) is 3.87. The number of nitrogen functional groups attached to an aromatic ring is 1. The number of allylic oxidation sites excluding steroid dienone is 1. The van der Waals surface area contributed by atoms with Crippen LogP contribution in [-0.4, -0.2) is 15.0 Å². The molecular formula is C12H18N2O2S. The smallest absolute Gasteiger partial charge is 0.241 e. The Morgan fingerprint density at radius 3 is 2.59 bits per heavy atom. The molecule has 17 heavy (non-hydrogen) atoms. The predicted molar refractivity (Wildman–Crippen MR) is 70.2 cm³/mol. The summed E-state index contributed by atoms with van der Waals surface area (Å²) in [6.45, 7) is 5.87. The lowest BCUT2D eigenvalue weighted by Gasteiger charge is -2.08. The maximum atomic E-state index is 12.0. The number of rotatable bonds is 4. The average Bonchev–Trinajstić information content (AvgIpc) is 2.15. The van der Waals surface area contributed by atoms with E-state index in [-0.39, 0.29) is 4.90 Å². The lowest BCUT2D eigenvalue weighted by atomic mass is 10.2. The molecule has 0 atom stereocenters. The number of benzene rings is 1. The van der Waals surface area contributed by atoms with Crippen LogP contribution < -0.4 is 10.5 Å². The molecule has 0 bridgehead atoms. The van der Waals surface area contributed by atoms with E-state index in [9.17, 15) is 8.42 Å². The van der Waals surface area contributed by atoms with Crippen molar-refractivity contribution in [1.29, 1.82) is 0 Å². The highest BCUT2D eigenvalue weighted by Crippen LogP contribution is 2.17. The van der Waals surface area contributed by atoms with Gasteiger partial charge in [0.05, 0.1) is 4.90 Å². The van der Waals surface area contributed by atoms with E-state index in [4.69, 9.17) is 5.73 Å². The second-order valence-electron chi connectivity index (χ2n) is 4.16. The Bertz CT molecular complexity index is 529. The summed E-state index contributed by atoms with van der Waals surface area (Å²) in [5.74, 6) is 0. The van der Waals surface area contributed by atoms with E-state index in [1.165, 1.54) is 6.07 Å². The van der Waals surface area contributed by atoms with Gasteiger partial charge in [0.2, 0.25) is 10.0 Å². The summed E-state index contributed by atoms with van der Waals surface area (Å²) in [7, 11) is -3.45. The topological polar surface area (TPSA) is 72.2 Å². The van der Waals surface area contributed by atoms with Crippen molar-refractivity contribution in [2.24, 2.45) is 0 Å². The molecule has 0 amide bonds. The van der Waals surface area contributed by atoms with Gasteiger partial charge in [-0.15, -0.1) is 0 Å². The van der Waals surface area contributed by atoms with Crippen LogP contribution in [0.2, 0.25) is 0 Å². The molecule has 0 radical (unpaired) electrons. The van der Waals surface area contributed by atoms with Crippen LogP contribution in [0.25, 0.3) is 0 Å². The van der Waals surface area contributed by atoms with Crippen molar-refractivity contribution in [3.8, 4) is 0 Å². The summed E-state index contributed by atoms with van der Waals surface area (Å²) in [6.07, 6.45) is 1.82. The van der Waals surface area contributed by atoms with E-state index >= 15 is 0 Å². The molecule has 0 aliphatic heterocycles. The maximum Gasteiger partial charge on any atom is 0.241 e. The van der Waals surface area contributed by atoms with Gasteiger partial charge in [-0.1, -0.05) is 11.6 Å². The molecule has 4 nitrogen and oxygen atoms in total. The van der Waals surface area contributed by atoms with Crippen molar-refractivity contribution in [3.63, 3.8) is 0 Å². The van der Waals surface area contributed by atoms with Crippen LogP contribution >= 0.6 is 0 Å². The molecule has 94 valence electrons. The fourth-order valence-corrected chi connectivity index (χ4v) is 2.60. The molecule has 5 heteroatoms. The van der Waals surface area contributed by atoms with Gasteiger partial charge in [-0.3, -0.25) is 0 Å². The summed E-state index contributed by atoms with van der Waals surface area (Å²) >= 11 is 0. The van der Waals surface area contributed by atoms with E-state index < -0.39 is 10.0 Å². The Kier molecular flexibility index (Phi) is 4.31. The summed E-state index contributed by atoms with van der Waals surface area (Å²) < 4.78 is 26.5. The molecule has 1 aromatic rings. The second-order valence-corrected chi connectivity index (χ2v) is 5.89. The van der Waals surface area contributed by atoms with E-state index in [1.807, 2.05) is 19.9 Å². The number of hydrogen-bond acceptors (Lipinski definition) is 3. The minimum absolute atomic E-state index is 0.272. The summed E-state index contributed by atoms with van der Waals surface area (Å²) in [4.78, 5) is 0.272. The van der Waals surface area contributed by atoms with Gasteiger partial charge < -0.3 is 5.73 Å². The number of anilines is 1. The largest absolute Gasteiger partial charge is 0.399 e. The Hall–Kier alpha value is -1.33. The normalized spacial score (nSPS) is 11.2. The zero-order chi connectivity index (χ0) is 13.1. The van der Waals surface area contributed by atoms with Gasteiger partial charge in [-0.25, -0.2) is 13.1 Å². The fraction of sp³-hybridized carbons (Fsp3) is 0.333. The number of hydrogen-bond donors (Lipinski definition) is 2. The van der Waals surface area contributed by atoms with Crippen molar-refractivity contribution in [2.75, 3.05) is 12.3 Å². The zero-order valence-electron chi connectivity index (χ0n) is 10.3. The highest BCUT2D eigenvalue weighted by atomic mass is 32.2. The van der Waals surface area contributed by atoms with Crippen LogP contribution in [0, 0.1) is 6.92 Å². The monoisotopic (exact) mass is 254 g/mol. The Balaban J connectivity index is 2.94. The lowest BCUT2D eigenvalue weighted by Crippen LogP contribution is -2.24. The number of sulfonamides is 1. The van der Waals surface area contributed by atoms with Crippen LogP contribution in [-0.2, 0) is 10.0 Å². The third-order valence-corrected chi connectivity index (χ3v) is 3.86. The maximum absolute atomic E-state index is 12.0. The first-order valence-corrected chi connectivity index (χ1v) is 6.80. The molecule has 0 fully saturated rings. The molecule has 0 aliphatic carbocycles. The Morgan fingerprint density at radius 1 is 1.41 bits per heavy atom. The minimum Gasteiger partial charge on any atom is -0.399 e. The van der Waals surface area contributed by atoms with Gasteiger partial charge >= 0.3 is 0 Å². The van der Waals surface area contributed by atoms with Crippen molar-refractivity contribution >= 4 is 15.7 Å². The van der Waals surface area contributed by atoms with Gasteiger partial charge in [0.1, 0.15) is 0 Å². The first kappa shape index (κ1) is 13.7. The van der Waals surface area contributed by atoms with Crippen molar-refractivity contribution in [1.82, 2.24) is 4.72 Å². The molecule has 3 N–H and O–H groups in total. The zero-order valence-corrected chi connectivity index (χ0v) is 11.1. The highest BCUT2D eigenvalue weighted by molar-refractivity contribution is 7.89. The van der Waals surface area contributed by atoms with E-state index in [1.54, 1.807) is 19.1 Å². The van der Waals surface area contributed by atoms with Crippen LogP contribution in [0.4, 0.5) is 5.69 Å². The molecule has 0 saturated carbocycles. The number of nitrogens with one attached hydrogen (secondary N) is 1. The molecule has 1 rings (SSSR count). The van der Waals surface area contributed by atoms with Gasteiger partial charge in [0, 0.05) is 12.2 Å². The summed E-state index contributed by atoms with van der Waals surface area (Å²) in [6, 6.07) is 4.76. The number of nitrogens with two attached hydrogens (primary N) is 1. The van der Waals surface area contributed by atoms with E-state index in [0.717, 1.165) is 5.57 Å². The standard InChI is InChI=1S/C12H18N2O2S/c1-9(2)6-7-14-17(15,16)12-5-4-11(13)8-10(12)3/h4-6,8,14H,7,13H2,1-3H3. The molecular weight excluding hydrogens is 236 g/mol. The van der Waals surface area contributed by atoms with Crippen molar-refractivity contribution < 1.29 is 8.42 Å². The number of aryl methyl sites for hydroxylation is 1. The molecule has 1 aromatic carbocycles. The lowest BCUT2D eigenvalue weighted by molar-refractivity contribution is 0.585. The van der Waals surface area contributed by atoms with E-state index in [2.05, 4.69) is 4.72 Å². The van der Waals surface area contributed by atoms with Crippen LogP contribution in [0.5, 0.6) is 0 Å². The first-order chi connectivity index (χ1) is 7.83. The van der Waals surface area contributed by atoms with Crippen LogP contribution in [0.15, 0.2) is 34.7 Å². The van der Waals surface area contributed by atoms with Crippen LogP contribution in [0.3, 0.4) is 0 Å². The summed E-state index contributed by atoms with van der Waals surface area (Å²) in [5, 5.41) is 0. The van der Waals surface area contributed by atoms with Crippen molar-refractivity contribution in [3.05, 3.63) is 35.4 Å². The first-order valence-electron chi connectivity index (χ1n) is 5.32.